The number of hydrogen-bond donors (Lipinski definition) is 0. The monoisotopic (exact) mass is 1030 g/mol. The fourth-order valence-electron chi connectivity index (χ4n) is 11.9. The molecule has 2 rings (SSSR count). The van der Waals surface area contributed by atoms with Crippen LogP contribution in [0.4, 0.5) is 0 Å². The number of carbonyl (C=O) groups excluding carboxylic acids is 2. The zero-order valence-corrected chi connectivity index (χ0v) is 50.5. The Morgan fingerprint density at radius 1 is 0.315 bits per heavy atom. The fraction of sp³-hybridized carbons (Fsp3) is 0.970. The van der Waals surface area contributed by atoms with Gasteiger partial charge in [-0.15, -0.1) is 0 Å². The number of carbonyl (C=O) groups is 2. The summed E-state index contributed by atoms with van der Waals surface area (Å²) in [7, 11) is 0. The van der Waals surface area contributed by atoms with Crippen LogP contribution in [0, 0.1) is 47.3 Å². The molecule has 2 saturated heterocycles. The van der Waals surface area contributed by atoms with E-state index in [1.54, 1.807) is 0 Å². The summed E-state index contributed by atoms with van der Waals surface area (Å²) in [5.74, 6) is 1.17. The average molecular weight is 1030 g/mol. The zero-order valence-electron chi connectivity index (χ0n) is 50.5. The third-order valence-corrected chi connectivity index (χ3v) is 18.3. The van der Waals surface area contributed by atoms with E-state index >= 15 is 0 Å². The molecule has 2 aliphatic rings. The Hall–Kier alpha value is -1.18. The van der Waals surface area contributed by atoms with Gasteiger partial charge in [-0.25, -0.2) is 0 Å². The highest BCUT2D eigenvalue weighted by Gasteiger charge is 2.46. The molecule has 0 aliphatic carbocycles. The molecule has 0 aromatic carbocycles. The number of ether oxygens (including phenoxy) is 5. The van der Waals surface area contributed by atoms with E-state index in [4.69, 9.17) is 23.7 Å². The summed E-state index contributed by atoms with van der Waals surface area (Å²) >= 11 is 0. The second-order valence-corrected chi connectivity index (χ2v) is 24.5. The van der Waals surface area contributed by atoms with Crippen LogP contribution >= 0.6 is 0 Å². The van der Waals surface area contributed by atoms with Crippen molar-refractivity contribution in [2.45, 2.75) is 351 Å². The van der Waals surface area contributed by atoms with Gasteiger partial charge in [-0.05, 0) is 49.4 Å². The quantitative estimate of drug-likeness (QED) is 0.0444. The van der Waals surface area contributed by atoms with Gasteiger partial charge in [0.15, 0.2) is 12.6 Å². The molecule has 2 aliphatic heterocycles. The Balaban J connectivity index is 2.01. The minimum Gasteiger partial charge on any atom is -0.463 e. The number of rotatable bonds is 48. The Kier molecular flexibility index (Phi) is 41.7. The second-order valence-electron chi connectivity index (χ2n) is 24.5. The van der Waals surface area contributed by atoms with E-state index in [0.29, 0.717) is 11.8 Å². The lowest BCUT2D eigenvalue weighted by atomic mass is 9.78. The maximum Gasteiger partial charge on any atom is 0.309 e. The second kappa shape index (κ2) is 44.8. The molecular weight excluding hydrogens is 905 g/mol. The smallest absolute Gasteiger partial charge is 0.309 e. The van der Waals surface area contributed by atoms with Crippen LogP contribution in [0.2, 0.25) is 0 Å². The van der Waals surface area contributed by atoms with Gasteiger partial charge in [-0.2, -0.15) is 0 Å². The molecule has 432 valence electrons. The molecule has 10 atom stereocenters. The summed E-state index contributed by atoms with van der Waals surface area (Å²) in [4.78, 5) is 27.9. The predicted molar refractivity (Wildman–Crippen MR) is 310 cm³/mol. The Morgan fingerprint density at radius 2 is 0.534 bits per heavy atom. The third-order valence-electron chi connectivity index (χ3n) is 18.3. The summed E-state index contributed by atoms with van der Waals surface area (Å²) in [6.07, 6.45) is 48.6. The van der Waals surface area contributed by atoms with Crippen LogP contribution in [-0.4, -0.2) is 49.9 Å². The van der Waals surface area contributed by atoms with E-state index in [-0.39, 0.29) is 72.9 Å². The highest BCUT2D eigenvalue weighted by atomic mass is 16.8. The topological polar surface area (TPSA) is 80.3 Å². The van der Waals surface area contributed by atoms with Gasteiger partial charge in [-0.1, -0.05) is 300 Å². The van der Waals surface area contributed by atoms with Gasteiger partial charge in [0, 0.05) is 11.8 Å². The first kappa shape index (κ1) is 67.9. The van der Waals surface area contributed by atoms with Crippen LogP contribution in [0.3, 0.4) is 0 Å². The van der Waals surface area contributed by atoms with Gasteiger partial charge in [0.2, 0.25) is 0 Å². The Morgan fingerprint density at radius 3 is 0.767 bits per heavy atom. The van der Waals surface area contributed by atoms with Crippen molar-refractivity contribution in [1.82, 2.24) is 0 Å². The van der Waals surface area contributed by atoms with Crippen LogP contribution in [0.5, 0.6) is 0 Å². The molecule has 73 heavy (non-hydrogen) atoms. The SMILES string of the molecule is CCCCCCCCCCCC(CCCCCCCCCCC)C(=O)OCC1O[C@@H](O[C@@H]2OC(COC(=O)C(CCCCCCCCCCC)CCCCCCCCCCC)[C@H](C)[C@H](C)C2C)C(C)[C@@H](C)[C@H]1C. The summed E-state index contributed by atoms with van der Waals surface area (Å²) in [5.41, 5.74) is 0. The lowest BCUT2D eigenvalue weighted by Crippen LogP contribution is -2.53. The maximum absolute atomic E-state index is 14.0. The van der Waals surface area contributed by atoms with Gasteiger partial charge >= 0.3 is 11.9 Å². The first-order valence-electron chi connectivity index (χ1n) is 32.8. The molecular formula is C66H126O7. The van der Waals surface area contributed by atoms with Crippen molar-refractivity contribution in [2.75, 3.05) is 13.2 Å². The van der Waals surface area contributed by atoms with Crippen molar-refractivity contribution < 1.29 is 33.3 Å². The minimum atomic E-state index is -0.483. The van der Waals surface area contributed by atoms with Crippen LogP contribution in [0.25, 0.3) is 0 Å². The average Bonchev–Trinajstić information content (AvgIpc) is 3.39. The lowest BCUT2D eigenvalue weighted by molar-refractivity contribution is -0.344. The van der Waals surface area contributed by atoms with Gasteiger partial charge in [-0.3, -0.25) is 9.59 Å². The van der Waals surface area contributed by atoms with Crippen molar-refractivity contribution in [2.24, 2.45) is 47.3 Å². The molecule has 2 fully saturated rings. The molecule has 0 aromatic rings. The van der Waals surface area contributed by atoms with Crippen LogP contribution in [0.1, 0.15) is 326 Å². The molecule has 0 N–H and O–H groups in total. The molecule has 0 amide bonds. The summed E-state index contributed by atoms with van der Waals surface area (Å²) in [6.45, 7) is 23.1. The van der Waals surface area contributed by atoms with E-state index in [2.05, 4.69) is 69.2 Å². The largest absolute Gasteiger partial charge is 0.463 e. The summed E-state index contributed by atoms with van der Waals surface area (Å²) in [5, 5.41) is 0. The van der Waals surface area contributed by atoms with Crippen molar-refractivity contribution in [1.29, 1.82) is 0 Å². The Bertz CT molecular complexity index is 1140. The number of hydrogen-bond acceptors (Lipinski definition) is 7. The number of esters is 2. The molecule has 0 bridgehead atoms. The van der Waals surface area contributed by atoms with Gasteiger partial charge < -0.3 is 23.7 Å². The van der Waals surface area contributed by atoms with Gasteiger partial charge in [0.1, 0.15) is 13.2 Å². The summed E-state index contributed by atoms with van der Waals surface area (Å²) in [6, 6.07) is 0. The molecule has 0 saturated carbocycles. The standard InChI is InChI=1S/C66H126O7/c1-11-15-19-23-27-31-35-39-43-47-59(48-44-40-36-32-28-24-20-16-12-2)63(67)69-51-61-55(7)53(5)57(9)65(71-61)73-66-58(10)54(6)56(8)62(72-66)52-70-64(68)60(49-45-41-37-33-29-25-21-17-13-3)50-46-42-38-34-30-26-22-18-14-4/h53-62,65-66H,11-52H2,1-10H3/t53-,54-,55+,56+,57?,58?,61?,62?,65-,66-/m0/s1. The predicted octanol–water partition coefficient (Wildman–Crippen LogP) is 20.3. The van der Waals surface area contributed by atoms with Gasteiger partial charge in [0.25, 0.3) is 0 Å². The first-order chi connectivity index (χ1) is 35.5. The van der Waals surface area contributed by atoms with Crippen molar-refractivity contribution in [3.05, 3.63) is 0 Å². The molecule has 7 heteroatoms. The highest BCUT2D eigenvalue weighted by molar-refractivity contribution is 5.72. The molecule has 0 aromatic heterocycles. The third kappa shape index (κ3) is 30.5. The maximum atomic E-state index is 14.0. The molecule has 0 spiro atoms. The van der Waals surface area contributed by atoms with E-state index in [1.165, 1.54) is 205 Å². The van der Waals surface area contributed by atoms with Crippen LogP contribution in [-0.2, 0) is 33.3 Å². The Labute approximate surface area is 454 Å². The summed E-state index contributed by atoms with van der Waals surface area (Å²) < 4.78 is 33.0. The number of unbranched alkanes of at least 4 members (excludes halogenated alkanes) is 32. The molecule has 4 unspecified atom stereocenters. The molecule has 0 radical (unpaired) electrons. The van der Waals surface area contributed by atoms with Crippen LogP contribution in [0.15, 0.2) is 0 Å². The van der Waals surface area contributed by atoms with E-state index < -0.39 is 12.6 Å². The van der Waals surface area contributed by atoms with Crippen molar-refractivity contribution in [3.63, 3.8) is 0 Å². The molecule has 2 heterocycles. The fourth-order valence-corrected chi connectivity index (χ4v) is 11.9. The van der Waals surface area contributed by atoms with Crippen molar-refractivity contribution in [3.8, 4) is 0 Å². The zero-order chi connectivity index (χ0) is 53.3. The highest BCUT2D eigenvalue weighted by Crippen LogP contribution is 2.41. The first-order valence-corrected chi connectivity index (χ1v) is 32.8. The van der Waals surface area contributed by atoms with Crippen molar-refractivity contribution >= 4 is 11.9 Å². The van der Waals surface area contributed by atoms with E-state index in [9.17, 15) is 9.59 Å². The van der Waals surface area contributed by atoms with Gasteiger partial charge in [0.05, 0.1) is 24.0 Å². The molecule has 7 nitrogen and oxygen atoms in total. The normalized spacial score (nSPS) is 24.4. The van der Waals surface area contributed by atoms with Crippen LogP contribution < -0.4 is 0 Å². The minimum absolute atomic E-state index is 0.0355. The van der Waals surface area contributed by atoms with E-state index in [0.717, 1.165) is 51.4 Å². The lowest BCUT2D eigenvalue weighted by Gasteiger charge is -2.48. The van der Waals surface area contributed by atoms with E-state index in [1.807, 2.05) is 0 Å².